The number of carboxylic acids is 1. The molecule has 0 atom stereocenters. The van der Waals surface area contributed by atoms with E-state index in [-0.39, 0.29) is 24.3 Å². The standard InChI is InChI=1S/C20H25ClN2O4/c21-16-8-7-14(22-17(24)12-20(19(26)27)9-4-10-20)11-15(16)18(25)23-13-5-2-1-3-6-13/h7-8,11,13H,1-6,9-10,12H2,(H,22,24)(H,23,25)(H,26,27). The van der Waals surface area contributed by atoms with Crippen LogP contribution >= 0.6 is 11.6 Å². The van der Waals surface area contributed by atoms with Crippen molar-refractivity contribution in [2.75, 3.05) is 5.32 Å². The van der Waals surface area contributed by atoms with E-state index >= 15 is 0 Å². The summed E-state index contributed by atoms with van der Waals surface area (Å²) in [7, 11) is 0. The number of rotatable bonds is 6. The van der Waals surface area contributed by atoms with Gasteiger partial charge in [0, 0.05) is 18.2 Å². The molecule has 0 heterocycles. The van der Waals surface area contributed by atoms with Crippen LogP contribution in [0.2, 0.25) is 5.02 Å². The summed E-state index contributed by atoms with van der Waals surface area (Å²) in [5.74, 6) is -1.53. The molecule has 7 heteroatoms. The van der Waals surface area contributed by atoms with E-state index in [2.05, 4.69) is 10.6 Å². The van der Waals surface area contributed by atoms with Gasteiger partial charge in [0.25, 0.3) is 5.91 Å². The second-order valence-corrected chi connectivity index (χ2v) is 8.07. The molecular formula is C20H25ClN2O4. The summed E-state index contributed by atoms with van der Waals surface area (Å²) in [6.45, 7) is 0. The Morgan fingerprint density at radius 1 is 1.11 bits per heavy atom. The summed E-state index contributed by atoms with van der Waals surface area (Å²) < 4.78 is 0. The van der Waals surface area contributed by atoms with Crippen LogP contribution in [0.3, 0.4) is 0 Å². The number of benzene rings is 1. The topological polar surface area (TPSA) is 95.5 Å². The summed E-state index contributed by atoms with van der Waals surface area (Å²) >= 11 is 6.17. The molecule has 0 radical (unpaired) electrons. The monoisotopic (exact) mass is 392 g/mol. The third-order valence-electron chi connectivity index (χ3n) is 5.70. The van der Waals surface area contributed by atoms with Gasteiger partial charge in [-0.1, -0.05) is 37.3 Å². The Labute approximate surface area is 163 Å². The van der Waals surface area contributed by atoms with Crippen LogP contribution in [0.5, 0.6) is 0 Å². The number of carbonyl (C=O) groups excluding carboxylic acids is 2. The molecule has 0 bridgehead atoms. The van der Waals surface area contributed by atoms with Crippen molar-refractivity contribution in [3.63, 3.8) is 0 Å². The number of halogens is 1. The van der Waals surface area contributed by atoms with Crippen molar-refractivity contribution in [1.29, 1.82) is 0 Å². The predicted octanol–water partition coefficient (Wildman–Crippen LogP) is 3.99. The first-order valence-corrected chi connectivity index (χ1v) is 9.91. The highest BCUT2D eigenvalue weighted by Gasteiger charge is 2.45. The summed E-state index contributed by atoms with van der Waals surface area (Å²) in [4.78, 5) is 36.3. The SMILES string of the molecule is O=C(CC1(C(=O)O)CCC1)Nc1ccc(Cl)c(C(=O)NC2CCCCC2)c1. The Morgan fingerprint density at radius 2 is 1.81 bits per heavy atom. The van der Waals surface area contributed by atoms with E-state index in [4.69, 9.17) is 11.6 Å². The number of hydrogen-bond donors (Lipinski definition) is 3. The van der Waals surface area contributed by atoms with E-state index in [1.165, 1.54) is 6.42 Å². The zero-order valence-electron chi connectivity index (χ0n) is 15.2. The molecule has 2 aliphatic rings. The lowest BCUT2D eigenvalue weighted by Gasteiger charge is -2.36. The van der Waals surface area contributed by atoms with E-state index < -0.39 is 11.4 Å². The fourth-order valence-electron chi connectivity index (χ4n) is 3.87. The van der Waals surface area contributed by atoms with Crippen LogP contribution in [0, 0.1) is 5.41 Å². The minimum absolute atomic E-state index is 0.0609. The summed E-state index contributed by atoms with van der Waals surface area (Å²) in [5.41, 5.74) is -0.188. The molecule has 2 fully saturated rings. The predicted molar refractivity (Wildman–Crippen MR) is 103 cm³/mol. The first kappa shape index (κ1) is 19.7. The number of carboxylic acid groups (broad SMARTS) is 1. The average molecular weight is 393 g/mol. The second-order valence-electron chi connectivity index (χ2n) is 7.67. The summed E-state index contributed by atoms with van der Waals surface area (Å²) in [5, 5.41) is 15.4. The van der Waals surface area contributed by atoms with Crippen molar-refractivity contribution in [2.24, 2.45) is 5.41 Å². The van der Waals surface area contributed by atoms with Crippen molar-refractivity contribution < 1.29 is 19.5 Å². The number of hydrogen-bond acceptors (Lipinski definition) is 3. The van der Waals surface area contributed by atoms with Gasteiger partial charge in [-0.25, -0.2) is 0 Å². The molecule has 0 saturated heterocycles. The van der Waals surface area contributed by atoms with Crippen molar-refractivity contribution in [3.8, 4) is 0 Å². The van der Waals surface area contributed by atoms with Gasteiger partial charge >= 0.3 is 5.97 Å². The number of carbonyl (C=O) groups is 3. The van der Waals surface area contributed by atoms with Crippen LogP contribution in [0.4, 0.5) is 5.69 Å². The van der Waals surface area contributed by atoms with Gasteiger partial charge in [-0.05, 0) is 43.9 Å². The molecule has 27 heavy (non-hydrogen) atoms. The van der Waals surface area contributed by atoms with Crippen molar-refractivity contribution in [3.05, 3.63) is 28.8 Å². The van der Waals surface area contributed by atoms with Crippen molar-refractivity contribution in [1.82, 2.24) is 5.32 Å². The van der Waals surface area contributed by atoms with Gasteiger partial charge in [-0.3, -0.25) is 14.4 Å². The van der Waals surface area contributed by atoms with Crippen LogP contribution < -0.4 is 10.6 Å². The van der Waals surface area contributed by atoms with Gasteiger partial charge in [0.2, 0.25) is 5.91 Å². The zero-order valence-corrected chi connectivity index (χ0v) is 16.0. The number of aliphatic carboxylic acids is 1. The van der Waals surface area contributed by atoms with E-state index in [1.807, 2.05) is 0 Å². The van der Waals surface area contributed by atoms with Crippen LogP contribution in [-0.2, 0) is 9.59 Å². The largest absolute Gasteiger partial charge is 0.481 e. The van der Waals surface area contributed by atoms with Gasteiger partial charge in [0.05, 0.1) is 16.0 Å². The first-order valence-electron chi connectivity index (χ1n) is 9.53. The minimum atomic E-state index is -0.947. The molecule has 2 aliphatic carbocycles. The Hall–Kier alpha value is -2.08. The summed E-state index contributed by atoms with van der Waals surface area (Å²) in [6, 6.07) is 4.90. The minimum Gasteiger partial charge on any atom is -0.481 e. The second kappa shape index (κ2) is 8.30. The average Bonchev–Trinajstić information content (AvgIpc) is 2.60. The van der Waals surface area contributed by atoms with E-state index in [1.54, 1.807) is 18.2 Å². The highest BCUT2D eigenvalue weighted by molar-refractivity contribution is 6.34. The molecule has 2 amide bonds. The Morgan fingerprint density at radius 3 is 2.41 bits per heavy atom. The third-order valence-corrected chi connectivity index (χ3v) is 6.03. The van der Waals surface area contributed by atoms with Gasteiger partial charge < -0.3 is 15.7 Å². The molecule has 0 unspecified atom stereocenters. The van der Waals surface area contributed by atoms with E-state index in [0.717, 1.165) is 32.1 Å². The molecule has 6 nitrogen and oxygen atoms in total. The maximum absolute atomic E-state index is 12.6. The fraction of sp³-hybridized carbons (Fsp3) is 0.550. The molecule has 0 aliphatic heterocycles. The normalized spacial score (nSPS) is 19.0. The number of nitrogens with one attached hydrogen (secondary N) is 2. The van der Waals surface area contributed by atoms with Gasteiger partial charge in [-0.2, -0.15) is 0 Å². The van der Waals surface area contributed by atoms with Crippen LogP contribution in [0.25, 0.3) is 0 Å². The van der Waals surface area contributed by atoms with E-state index in [9.17, 15) is 19.5 Å². The Bertz CT molecular complexity index is 739. The molecule has 146 valence electrons. The lowest BCUT2D eigenvalue weighted by atomic mass is 9.66. The maximum Gasteiger partial charge on any atom is 0.310 e. The molecule has 0 spiro atoms. The van der Waals surface area contributed by atoms with Gasteiger partial charge in [0.15, 0.2) is 0 Å². The van der Waals surface area contributed by atoms with E-state index in [0.29, 0.717) is 29.1 Å². The molecule has 1 aromatic carbocycles. The van der Waals surface area contributed by atoms with Gasteiger partial charge in [-0.15, -0.1) is 0 Å². The first-order chi connectivity index (χ1) is 12.9. The summed E-state index contributed by atoms with van der Waals surface area (Å²) in [6.07, 6.45) is 7.16. The zero-order chi connectivity index (χ0) is 19.4. The Kier molecular flexibility index (Phi) is 6.05. The number of amides is 2. The van der Waals surface area contributed by atoms with Crippen LogP contribution in [0.15, 0.2) is 18.2 Å². The van der Waals surface area contributed by atoms with Crippen LogP contribution in [0.1, 0.15) is 68.1 Å². The number of anilines is 1. The highest BCUT2D eigenvalue weighted by atomic mass is 35.5. The maximum atomic E-state index is 12.6. The lowest BCUT2D eigenvalue weighted by Crippen LogP contribution is -2.41. The molecular weight excluding hydrogens is 368 g/mol. The molecule has 1 aromatic rings. The quantitative estimate of drug-likeness (QED) is 0.682. The molecule has 2 saturated carbocycles. The van der Waals surface area contributed by atoms with Crippen LogP contribution in [-0.4, -0.2) is 28.9 Å². The molecule has 0 aromatic heterocycles. The smallest absolute Gasteiger partial charge is 0.310 e. The molecule has 3 rings (SSSR count). The van der Waals surface area contributed by atoms with Crippen molar-refractivity contribution >= 4 is 35.1 Å². The Balaban J connectivity index is 1.64. The highest BCUT2D eigenvalue weighted by Crippen LogP contribution is 2.44. The third kappa shape index (κ3) is 4.61. The lowest BCUT2D eigenvalue weighted by molar-refractivity contribution is -0.157. The van der Waals surface area contributed by atoms with Crippen molar-refractivity contribution in [2.45, 2.75) is 63.8 Å². The molecule has 3 N–H and O–H groups in total. The fourth-order valence-corrected chi connectivity index (χ4v) is 4.07. The van der Waals surface area contributed by atoms with Gasteiger partial charge in [0.1, 0.15) is 0 Å².